The molecule has 0 aromatic heterocycles. The fraction of sp³-hybridized carbons (Fsp3) is 0.192. The summed E-state index contributed by atoms with van der Waals surface area (Å²) in [5.41, 5.74) is 4.40. The van der Waals surface area contributed by atoms with Crippen molar-refractivity contribution in [2.75, 3.05) is 18.5 Å². The fourth-order valence-electron chi connectivity index (χ4n) is 2.93. The van der Waals surface area contributed by atoms with Crippen molar-refractivity contribution in [1.82, 2.24) is 5.43 Å². The van der Waals surface area contributed by atoms with Gasteiger partial charge in [-0.15, -0.1) is 0 Å². The Kier molecular flexibility index (Phi) is 9.04. The molecule has 34 heavy (non-hydrogen) atoms. The Balaban J connectivity index is 1.55. The number of nitrogens with zero attached hydrogens (tertiary/aromatic N) is 1. The minimum Gasteiger partial charge on any atom is -0.494 e. The first-order chi connectivity index (χ1) is 16.6. The molecule has 0 aliphatic carbocycles. The fourth-order valence-corrected chi connectivity index (χ4v) is 2.93. The molecular formula is C26H27N3O5. The second kappa shape index (κ2) is 12.6. The van der Waals surface area contributed by atoms with Gasteiger partial charge in [-0.1, -0.05) is 30.3 Å². The van der Waals surface area contributed by atoms with E-state index in [-0.39, 0.29) is 0 Å². The summed E-state index contributed by atoms with van der Waals surface area (Å²) in [7, 11) is 0. The lowest BCUT2D eigenvalue weighted by Gasteiger charge is -2.12. The number of ether oxygens (including phenoxy) is 3. The molecule has 2 N–H and O–H groups in total. The van der Waals surface area contributed by atoms with E-state index in [1.54, 1.807) is 42.5 Å². The summed E-state index contributed by atoms with van der Waals surface area (Å²) in [4.78, 5) is 24.1. The summed E-state index contributed by atoms with van der Waals surface area (Å²) in [6, 6.07) is 21.8. The molecule has 0 aliphatic heterocycles. The Morgan fingerprint density at radius 2 is 1.56 bits per heavy atom. The molecule has 0 saturated carbocycles. The minimum absolute atomic E-state index is 0.411. The zero-order valence-electron chi connectivity index (χ0n) is 19.1. The first kappa shape index (κ1) is 24.3. The predicted molar refractivity (Wildman–Crippen MR) is 130 cm³/mol. The maximum atomic E-state index is 12.1. The third kappa shape index (κ3) is 7.37. The molecule has 2 amide bonds. The first-order valence-corrected chi connectivity index (χ1v) is 10.9. The highest BCUT2D eigenvalue weighted by atomic mass is 16.5. The molecule has 3 aromatic carbocycles. The van der Waals surface area contributed by atoms with Crippen LogP contribution < -0.4 is 25.0 Å². The molecule has 0 spiro atoms. The van der Waals surface area contributed by atoms with Crippen LogP contribution in [0.15, 0.2) is 77.9 Å². The van der Waals surface area contributed by atoms with Crippen LogP contribution in [-0.4, -0.2) is 31.2 Å². The first-order valence-electron chi connectivity index (χ1n) is 10.9. The number of carbonyl (C=O) groups is 2. The van der Waals surface area contributed by atoms with Crippen LogP contribution in [-0.2, 0) is 16.2 Å². The lowest BCUT2D eigenvalue weighted by molar-refractivity contribution is -0.136. The topological polar surface area (TPSA) is 98.2 Å². The average Bonchev–Trinajstić information content (AvgIpc) is 2.85. The summed E-state index contributed by atoms with van der Waals surface area (Å²) in [5.74, 6) is 0.111. The van der Waals surface area contributed by atoms with Gasteiger partial charge in [0.05, 0.1) is 19.4 Å². The second-order valence-electron chi connectivity index (χ2n) is 7.02. The zero-order chi connectivity index (χ0) is 24.2. The van der Waals surface area contributed by atoms with E-state index >= 15 is 0 Å². The lowest BCUT2D eigenvalue weighted by atomic mass is 10.2. The summed E-state index contributed by atoms with van der Waals surface area (Å²) in [6.07, 6.45) is 1.42. The van der Waals surface area contributed by atoms with Crippen LogP contribution in [0.3, 0.4) is 0 Å². The van der Waals surface area contributed by atoms with E-state index in [1.165, 1.54) is 6.21 Å². The molecule has 0 radical (unpaired) electrons. The Bertz CT molecular complexity index is 1120. The molecule has 0 saturated heterocycles. The van der Waals surface area contributed by atoms with Gasteiger partial charge in [-0.25, -0.2) is 5.43 Å². The van der Waals surface area contributed by atoms with E-state index in [9.17, 15) is 9.59 Å². The van der Waals surface area contributed by atoms with Gasteiger partial charge in [0.25, 0.3) is 0 Å². The van der Waals surface area contributed by atoms with Crippen molar-refractivity contribution in [1.29, 1.82) is 0 Å². The van der Waals surface area contributed by atoms with Crippen LogP contribution in [0, 0.1) is 0 Å². The third-order valence-electron chi connectivity index (χ3n) is 4.51. The number of rotatable bonds is 10. The SMILES string of the molecule is CCOc1ccc(NC(=O)C(=O)N/N=C/c2ccc(OCc3ccccc3)c(OCC)c2)cc1. The molecule has 8 nitrogen and oxygen atoms in total. The third-order valence-corrected chi connectivity index (χ3v) is 4.51. The molecule has 0 unspecified atom stereocenters. The van der Waals surface area contributed by atoms with Crippen molar-refractivity contribution in [2.24, 2.45) is 5.10 Å². The summed E-state index contributed by atoms with van der Waals surface area (Å²) < 4.78 is 16.9. The Labute approximate surface area is 198 Å². The van der Waals surface area contributed by atoms with Gasteiger partial charge in [-0.05, 0) is 67.4 Å². The monoisotopic (exact) mass is 461 g/mol. The largest absolute Gasteiger partial charge is 0.494 e. The number of carbonyl (C=O) groups excluding carboxylic acids is 2. The van der Waals surface area contributed by atoms with Gasteiger partial charge >= 0.3 is 11.8 Å². The molecule has 0 aliphatic rings. The van der Waals surface area contributed by atoms with Gasteiger partial charge in [0, 0.05) is 5.69 Å². The zero-order valence-corrected chi connectivity index (χ0v) is 19.1. The van der Waals surface area contributed by atoms with E-state index in [0.717, 1.165) is 5.56 Å². The molecule has 0 bridgehead atoms. The molecule has 3 aromatic rings. The van der Waals surface area contributed by atoms with E-state index in [4.69, 9.17) is 14.2 Å². The Morgan fingerprint density at radius 3 is 2.26 bits per heavy atom. The number of amides is 2. The van der Waals surface area contributed by atoms with Crippen LogP contribution in [0.5, 0.6) is 17.2 Å². The summed E-state index contributed by atoms with van der Waals surface area (Å²) in [6.45, 7) is 5.18. The van der Waals surface area contributed by atoms with Crippen LogP contribution in [0.1, 0.15) is 25.0 Å². The van der Waals surface area contributed by atoms with Gasteiger partial charge in [-0.2, -0.15) is 5.10 Å². The number of hydrogen-bond donors (Lipinski definition) is 2. The van der Waals surface area contributed by atoms with Gasteiger partial charge in [0.1, 0.15) is 12.4 Å². The standard InChI is InChI=1S/C26H27N3O5/c1-3-32-22-13-11-21(12-14-22)28-25(30)26(31)29-27-17-20-10-15-23(24(16-20)33-4-2)34-18-19-8-6-5-7-9-19/h5-17H,3-4,18H2,1-2H3,(H,28,30)(H,29,31)/b27-17+. The number of hydrogen-bond acceptors (Lipinski definition) is 6. The van der Waals surface area contributed by atoms with Crippen molar-refractivity contribution < 1.29 is 23.8 Å². The maximum Gasteiger partial charge on any atom is 0.329 e. The Morgan fingerprint density at radius 1 is 0.824 bits per heavy atom. The van der Waals surface area contributed by atoms with Gasteiger partial charge in [0.2, 0.25) is 0 Å². The lowest BCUT2D eigenvalue weighted by Crippen LogP contribution is -2.32. The van der Waals surface area contributed by atoms with E-state index in [0.29, 0.717) is 48.3 Å². The highest BCUT2D eigenvalue weighted by molar-refractivity contribution is 6.39. The van der Waals surface area contributed by atoms with Crippen LogP contribution >= 0.6 is 0 Å². The normalized spacial score (nSPS) is 10.5. The molecule has 8 heteroatoms. The highest BCUT2D eigenvalue weighted by Crippen LogP contribution is 2.29. The number of benzene rings is 3. The van der Waals surface area contributed by atoms with Crippen molar-refractivity contribution in [3.63, 3.8) is 0 Å². The van der Waals surface area contributed by atoms with Gasteiger partial charge < -0.3 is 19.5 Å². The maximum absolute atomic E-state index is 12.1. The predicted octanol–water partition coefficient (Wildman–Crippen LogP) is 4.15. The molecule has 0 fully saturated rings. The van der Waals surface area contributed by atoms with Crippen LogP contribution in [0.4, 0.5) is 5.69 Å². The summed E-state index contributed by atoms with van der Waals surface area (Å²) >= 11 is 0. The second-order valence-corrected chi connectivity index (χ2v) is 7.02. The number of nitrogens with one attached hydrogen (secondary N) is 2. The molecule has 3 rings (SSSR count). The van der Waals surface area contributed by atoms with Crippen molar-refractivity contribution in [3.05, 3.63) is 83.9 Å². The van der Waals surface area contributed by atoms with Crippen molar-refractivity contribution in [2.45, 2.75) is 20.5 Å². The van der Waals surface area contributed by atoms with E-state index < -0.39 is 11.8 Å². The molecule has 0 atom stereocenters. The van der Waals surface area contributed by atoms with Crippen LogP contribution in [0.25, 0.3) is 0 Å². The van der Waals surface area contributed by atoms with E-state index in [2.05, 4.69) is 15.8 Å². The molecule has 176 valence electrons. The van der Waals surface area contributed by atoms with Crippen molar-refractivity contribution in [3.8, 4) is 17.2 Å². The Hall–Kier alpha value is -4.33. The average molecular weight is 462 g/mol. The highest BCUT2D eigenvalue weighted by Gasteiger charge is 2.13. The summed E-state index contributed by atoms with van der Waals surface area (Å²) in [5, 5.41) is 6.37. The van der Waals surface area contributed by atoms with Crippen LogP contribution in [0.2, 0.25) is 0 Å². The van der Waals surface area contributed by atoms with Crippen molar-refractivity contribution >= 4 is 23.7 Å². The number of anilines is 1. The molecular weight excluding hydrogens is 434 g/mol. The van der Waals surface area contributed by atoms with E-state index in [1.807, 2.05) is 44.2 Å². The minimum atomic E-state index is -0.891. The van der Waals surface area contributed by atoms with Gasteiger partial charge in [-0.3, -0.25) is 9.59 Å². The smallest absolute Gasteiger partial charge is 0.329 e. The quantitative estimate of drug-likeness (QED) is 0.269. The number of hydrazone groups is 1. The van der Waals surface area contributed by atoms with Gasteiger partial charge in [0.15, 0.2) is 11.5 Å². The molecule has 0 heterocycles.